The minimum absolute atomic E-state index is 0.0128. The molecule has 172 valence electrons. The summed E-state index contributed by atoms with van der Waals surface area (Å²) >= 11 is 0. The monoisotopic (exact) mass is 469 g/mol. The summed E-state index contributed by atoms with van der Waals surface area (Å²) in [7, 11) is -3.98. The van der Waals surface area contributed by atoms with Crippen molar-refractivity contribution in [2.45, 2.75) is 11.8 Å². The van der Waals surface area contributed by atoms with Gasteiger partial charge < -0.3 is 19.3 Å². The van der Waals surface area contributed by atoms with Crippen LogP contribution in [-0.4, -0.2) is 68.6 Å². The fourth-order valence-corrected chi connectivity index (χ4v) is 4.91. The number of anilines is 2. The molecule has 1 aromatic heterocycles. The quantitative estimate of drug-likeness (QED) is 0.616. The molecule has 11 heteroatoms. The van der Waals surface area contributed by atoms with Crippen LogP contribution in [0.1, 0.15) is 6.92 Å². The standard InChI is InChI=1S/C22H23N5O5S/c1-15(28)26-8-10-27(11-9-26)22-21(23-17-4-2-3-5-18(17)24-22)25-33(29,30)16-6-7-19-20(14-16)32-13-12-31-19/h2-7,14H,8-13H2,1H3,(H,23,25). The molecule has 10 nitrogen and oxygen atoms in total. The maximum atomic E-state index is 13.3. The number of sulfonamides is 1. The number of carbonyl (C=O) groups is 1. The largest absolute Gasteiger partial charge is 0.486 e. The summed E-state index contributed by atoms with van der Waals surface area (Å²) < 4.78 is 40.1. The van der Waals surface area contributed by atoms with Crippen LogP contribution in [0.5, 0.6) is 11.5 Å². The van der Waals surface area contributed by atoms with E-state index in [2.05, 4.69) is 9.71 Å². The number of fused-ring (bicyclic) bond motifs is 2. The molecule has 0 bridgehead atoms. The molecule has 1 fully saturated rings. The number of hydrogen-bond donors (Lipinski definition) is 1. The van der Waals surface area contributed by atoms with E-state index >= 15 is 0 Å². The Morgan fingerprint density at radius 1 is 0.939 bits per heavy atom. The van der Waals surface area contributed by atoms with E-state index in [9.17, 15) is 13.2 Å². The van der Waals surface area contributed by atoms with Gasteiger partial charge in [-0.2, -0.15) is 0 Å². The van der Waals surface area contributed by atoms with Crippen molar-refractivity contribution in [3.05, 3.63) is 42.5 Å². The molecule has 0 aliphatic carbocycles. The number of aromatic nitrogens is 2. The number of nitrogens with zero attached hydrogens (tertiary/aromatic N) is 4. The SMILES string of the molecule is CC(=O)N1CCN(c2nc3ccccc3nc2NS(=O)(=O)c2ccc3c(c2)OCCO3)CC1. The zero-order chi connectivity index (χ0) is 23.0. The number of amides is 1. The van der Waals surface area contributed by atoms with E-state index in [1.54, 1.807) is 24.0 Å². The molecule has 0 unspecified atom stereocenters. The van der Waals surface area contributed by atoms with Gasteiger partial charge >= 0.3 is 0 Å². The van der Waals surface area contributed by atoms with Crippen molar-refractivity contribution >= 4 is 38.6 Å². The zero-order valence-corrected chi connectivity index (χ0v) is 18.8. The van der Waals surface area contributed by atoms with Crippen molar-refractivity contribution in [1.29, 1.82) is 0 Å². The lowest BCUT2D eigenvalue weighted by Gasteiger charge is -2.35. The molecule has 2 aromatic carbocycles. The number of nitrogens with one attached hydrogen (secondary N) is 1. The molecule has 0 radical (unpaired) electrons. The predicted octanol–water partition coefficient (Wildman–Crippen LogP) is 1.87. The lowest BCUT2D eigenvalue weighted by molar-refractivity contribution is -0.129. The molecule has 5 rings (SSSR count). The Morgan fingerprint density at radius 3 is 2.30 bits per heavy atom. The summed E-state index contributed by atoms with van der Waals surface area (Å²) in [4.78, 5) is 24.7. The van der Waals surface area contributed by atoms with Crippen molar-refractivity contribution in [3.63, 3.8) is 0 Å². The highest BCUT2D eigenvalue weighted by molar-refractivity contribution is 7.92. The van der Waals surface area contributed by atoms with Crippen LogP contribution in [0.3, 0.4) is 0 Å². The predicted molar refractivity (Wildman–Crippen MR) is 122 cm³/mol. The Bertz CT molecular complexity index is 1320. The first kappa shape index (κ1) is 21.3. The van der Waals surface area contributed by atoms with Crippen molar-refractivity contribution < 1.29 is 22.7 Å². The van der Waals surface area contributed by atoms with Gasteiger partial charge in [0.2, 0.25) is 5.91 Å². The summed E-state index contributed by atoms with van der Waals surface area (Å²) in [5.41, 5.74) is 1.23. The maximum Gasteiger partial charge on any atom is 0.263 e. The molecule has 2 aliphatic heterocycles. The van der Waals surface area contributed by atoms with E-state index in [1.807, 2.05) is 23.1 Å². The van der Waals surface area contributed by atoms with Gasteiger partial charge in [-0.25, -0.2) is 18.4 Å². The first-order valence-corrected chi connectivity index (χ1v) is 12.1. The first-order chi connectivity index (χ1) is 15.9. The van der Waals surface area contributed by atoms with E-state index < -0.39 is 10.0 Å². The average Bonchev–Trinajstić information content (AvgIpc) is 2.83. The van der Waals surface area contributed by atoms with Gasteiger partial charge in [-0.1, -0.05) is 12.1 Å². The van der Waals surface area contributed by atoms with Crippen LogP contribution in [0.15, 0.2) is 47.4 Å². The van der Waals surface area contributed by atoms with E-state index in [4.69, 9.17) is 14.5 Å². The van der Waals surface area contributed by atoms with Gasteiger partial charge in [0.25, 0.3) is 10.0 Å². The third-order valence-corrected chi connectivity index (χ3v) is 6.97. The van der Waals surface area contributed by atoms with Gasteiger partial charge in [-0.3, -0.25) is 9.52 Å². The Morgan fingerprint density at radius 2 is 1.61 bits per heavy atom. The molecule has 3 heterocycles. The second kappa shape index (κ2) is 8.39. The van der Waals surface area contributed by atoms with E-state index in [-0.39, 0.29) is 16.6 Å². The Balaban J connectivity index is 1.50. The highest BCUT2D eigenvalue weighted by Gasteiger charge is 2.26. The third-order valence-electron chi connectivity index (χ3n) is 5.63. The molecular formula is C22H23N5O5S. The summed E-state index contributed by atoms with van der Waals surface area (Å²) in [5, 5.41) is 0. The molecule has 1 saturated heterocycles. The van der Waals surface area contributed by atoms with Crippen LogP contribution in [0, 0.1) is 0 Å². The second-order valence-corrected chi connectivity index (χ2v) is 9.47. The molecule has 0 atom stereocenters. The molecular weight excluding hydrogens is 446 g/mol. The molecule has 3 aromatic rings. The van der Waals surface area contributed by atoms with Crippen molar-refractivity contribution in [3.8, 4) is 11.5 Å². The lowest BCUT2D eigenvalue weighted by Crippen LogP contribution is -2.48. The molecule has 2 aliphatic rings. The fraction of sp³-hybridized carbons (Fsp3) is 0.318. The Kier molecular flexibility index (Phi) is 5.41. The van der Waals surface area contributed by atoms with Crippen LogP contribution in [0.25, 0.3) is 11.0 Å². The van der Waals surface area contributed by atoms with Crippen LogP contribution in [-0.2, 0) is 14.8 Å². The van der Waals surface area contributed by atoms with E-state index in [0.717, 1.165) is 0 Å². The minimum atomic E-state index is -3.98. The molecule has 33 heavy (non-hydrogen) atoms. The maximum absolute atomic E-state index is 13.3. The smallest absolute Gasteiger partial charge is 0.263 e. The van der Waals surface area contributed by atoms with Crippen molar-refractivity contribution in [2.75, 3.05) is 49.0 Å². The lowest BCUT2D eigenvalue weighted by atomic mass is 10.2. The Labute approximate surface area is 191 Å². The number of para-hydroxylation sites is 2. The van der Waals surface area contributed by atoms with Gasteiger partial charge in [0.1, 0.15) is 13.2 Å². The second-order valence-electron chi connectivity index (χ2n) is 7.79. The third kappa shape index (κ3) is 4.23. The highest BCUT2D eigenvalue weighted by Crippen LogP contribution is 2.34. The van der Waals surface area contributed by atoms with Crippen LogP contribution in [0.4, 0.5) is 11.6 Å². The first-order valence-electron chi connectivity index (χ1n) is 10.6. The van der Waals surface area contributed by atoms with E-state index in [1.165, 1.54) is 12.1 Å². The zero-order valence-electron chi connectivity index (χ0n) is 18.0. The van der Waals surface area contributed by atoms with Crippen LogP contribution < -0.4 is 19.1 Å². The number of benzene rings is 2. The normalized spacial score (nSPS) is 16.0. The number of hydrogen-bond acceptors (Lipinski definition) is 8. The number of ether oxygens (including phenoxy) is 2. The van der Waals surface area contributed by atoms with Crippen LogP contribution in [0.2, 0.25) is 0 Å². The fourth-order valence-electron chi connectivity index (χ4n) is 3.89. The number of rotatable bonds is 4. The minimum Gasteiger partial charge on any atom is -0.486 e. The van der Waals surface area contributed by atoms with Gasteiger partial charge in [-0.15, -0.1) is 0 Å². The Hall–Kier alpha value is -3.60. The summed E-state index contributed by atoms with van der Waals surface area (Å²) in [6, 6.07) is 11.8. The van der Waals surface area contributed by atoms with Gasteiger partial charge in [-0.05, 0) is 24.3 Å². The van der Waals surface area contributed by atoms with Gasteiger partial charge in [0.05, 0.1) is 15.9 Å². The van der Waals surface area contributed by atoms with Crippen LogP contribution >= 0.6 is 0 Å². The molecule has 1 N–H and O–H groups in total. The average molecular weight is 470 g/mol. The number of carbonyl (C=O) groups excluding carboxylic acids is 1. The van der Waals surface area contributed by atoms with Gasteiger partial charge in [0.15, 0.2) is 23.1 Å². The summed E-state index contributed by atoms with van der Waals surface area (Å²) in [6.07, 6.45) is 0. The summed E-state index contributed by atoms with van der Waals surface area (Å²) in [5.74, 6) is 1.47. The molecule has 0 spiro atoms. The number of piperazine rings is 1. The highest BCUT2D eigenvalue weighted by atomic mass is 32.2. The van der Waals surface area contributed by atoms with E-state index in [0.29, 0.717) is 67.7 Å². The van der Waals surface area contributed by atoms with Gasteiger partial charge in [0, 0.05) is 39.2 Å². The van der Waals surface area contributed by atoms with Crippen molar-refractivity contribution in [1.82, 2.24) is 14.9 Å². The van der Waals surface area contributed by atoms with Crippen molar-refractivity contribution in [2.24, 2.45) is 0 Å². The molecule has 1 amide bonds. The topological polar surface area (TPSA) is 114 Å². The summed E-state index contributed by atoms with van der Waals surface area (Å²) in [6.45, 7) is 4.41. The molecule has 0 saturated carbocycles.